The number of carbonyl (C=O) groups is 2. The Morgan fingerprint density at radius 3 is 2.20 bits per heavy atom. The quantitative estimate of drug-likeness (QED) is 0.748. The van der Waals surface area contributed by atoms with Crippen LogP contribution in [0, 0.1) is 18.8 Å². The van der Waals surface area contributed by atoms with Crippen molar-refractivity contribution in [3.8, 4) is 0 Å². The summed E-state index contributed by atoms with van der Waals surface area (Å²) in [4.78, 5) is 24.7. The van der Waals surface area contributed by atoms with Gasteiger partial charge in [-0.3, -0.25) is 9.59 Å². The van der Waals surface area contributed by atoms with E-state index < -0.39 is 5.92 Å². The minimum absolute atomic E-state index is 0.198. The van der Waals surface area contributed by atoms with Crippen molar-refractivity contribution in [1.82, 2.24) is 0 Å². The molecule has 1 saturated carbocycles. The van der Waals surface area contributed by atoms with Gasteiger partial charge in [0, 0.05) is 10.7 Å². The summed E-state index contributed by atoms with van der Waals surface area (Å²) in [5.74, 6) is -1.24. The van der Waals surface area contributed by atoms with Crippen molar-refractivity contribution >= 4 is 58.0 Å². The lowest BCUT2D eigenvalue weighted by Gasteiger charge is -2.10. The molecular weight excluding hydrogens is 383 g/mol. The average Bonchev–Trinajstić information content (AvgIpc) is 3.35. The van der Waals surface area contributed by atoms with Gasteiger partial charge in [0.1, 0.15) is 0 Å². The summed E-state index contributed by atoms with van der Waals surface area (Å²) in [6.45, 7) is 1.88. The number of halogens is 3. The topological polar surface area (TPSA) is 58.2 Å². The van der Waals surface area contributed by atoms with E-state index in [1.165, 1.54) is 0 Å². The van der Waals surface area contributed by atoms with Crippen LogP contribution in [0.5, 0.6) is 0 Å². The zero-order chi connectivity index (χ0) is 18.1. The summed E-state index contributed by atoms with van der Waals surface area (Å²) in [6, 6.07) is 10.3. The highest BCUT2D eigenvalue weighted by molar-refractivity contribution is 6.39. The minimum atomic E-state index is -0.396. The van der Waals surface area contributed by atoms with Crippen LogP contribution in [0.3, 0.4) is 0 Å². The number of carbonyl (C=O) groups excluding carboxylic acids is 2. The van der Waals surface area contributed by atoms with Crippen molar-refractivity contribution in [2.24, 2.45) is 11.8 Å². The zero-order valence-corrected chi connectivity index (χ0v) is 15.5. The molecule has 0 bridgehead atoms. The van der Waals surface area contributed by atoms with Crippen LogP contribution in [-0.2, 0) is 9.59 Å². The van der Waals surface area contributed by atoms with Crippen molar-refractivity contribution in [1.29, 1.82) is 0 Å². The van der Waals surface area contributed by atoms with E-state index in [4.69, 9.17) is 34.8 Å². The van der Waals surface area contributed by atoms with E-state index in [1.807, 2.05) is 13.0 Å². The third-order valence-corrected chi connectivity index (χ3v) is 5.00. The highest BCUT2D eigenvalue weighted by Crippen LogP contribution is 2.41. The highest BCUT2D eigenvalue weighted by atomic mass is 35.5. The first-order chi connectivity index (χ1) is 11.9. The zero-order valence-electron chi connectivity index (χ0n) is 13.3. The normalized spacial score (nSPS) is 18.6. The van der Waals surface area contributed by atoms with Crippen molar-refractivity contribution in [3.05, 3.63) is 57.0 Å². The second-order valence-electron chi connectivity index (χ2n) is 5.98. The molecule has 3 rings (SSSR count). The Bertz CT molecular complexity index is 834. The molecule has 2 aromatic rings. The second-order valence-corrected chi connectivity index (χ2v) is 7.23. The number of aryl methyl sites for hydroxylation is 1. The predicted octanol–water partition coefficient (Wildman–Crippen LogP) is 5.17. The van der Waals surface area contributed by atoms with Crippen molar-refractivity contribution in [2.45, 2.75) is 13.3 Å². The second kappa shape index (κ2) is 7.24. The Hall–Kier alpha value is -1.75. The van der Waals surface area contributed by atoms with Crippen molar-refractivity contribution in [3.63, 3.8) is 0 Å². The largest absolute Gasteiger partial charge is 0.326 e. The Morgan fingerprint density at radius 1 is 0.960 bits per heavy atom. The maximum Gasteiger partial charge on any atom is 0.228 e. The third kappa shape index (κ3) is 4.09. The van der Waals surface area contributed by atoms with E-state index in [0.717, 1.165) is 5.56 Å². The first kappa shape index (κ1) is 18.1. The van der Waals surface area contributed by atoms with E-state index in [9.17, 15) is 9.59 Å². The summed E-state index contributed by atoms with van der Waals surface area (Å²) in [6.07, 6.45) is 0.485. The Kier molecular flexibility index (Phi) is 5.23. The number of benzene rings is 2. The molecule has 0 spiro atoms. The standard InChI is InChI=1S/C18H15Cl3N2O2/c1-9-5-6-10(19)7-15(9)22-17(24)11-8-12(11)18(25)23-16-13(20)3-2-4-14(16)21/h2-7,11-12H,8H2,1H3,(H,22,24)(H,23,25). The van der Waals surface area contributed by atoms with Gasteiger partial charge in [0.15, 0.2) is 0 Å². The Morgan fingerprint density at radius 2 is 1.56 bits per heavy atom. The first-order valence-electron chi connectivity index (χ1n) is 7.68. The molecule has 2 unspecified atom stereocenters. The van der Waals surface area contributed by atoms with E-state index in [0.29, 0.717) is 32.9 Å². The van der Waals surface area contributed by atoms with Crippen LogP contribution >= 0.6 is 34.8 Å². The van der Waals surface area contributed by atoms with Crippen LogP contribution in [0.25, 0.3) is 0 Å². The molecule has 4 nitrogen and oxygen atoms in total. The molecule has 0 radical (unpaired) electrons. The molecule has 7 heteroatoms. The summed E-state index contributed by atoms with van der Waals surface area (Å²) in [7, 11) is 0. The summed E-state index contributed by atoms with van der Waals surface area (Å²) < 4.78 is 0. The molecule has 2 N–H and O–H groups in total. The van der Waals surface area contributed by atoms with Gasteiger partial charge in [0.2, 0.25) is 11.8 Å². The number of nitrogens with one attached hydrogen (secondary N) is 2. The van der Waals surface area contributed by atoms with Gasteiger partial charge in [0.25, 0.3) is 0 Å². The molecule has 0 aromatic heterocycles. The predicted molar refractivity (Wildman–Crippen MR) is 102 cm³/mol. The van der Waals surface area contributed by atoms with Crippen molar-refractivity contribution < 1.29 is 9.59 Å². The van der Waals surface area contributed by atoms with Gasteiger partial charge in [-0.15, -0.1) is 0 Å². The van der Waals surface area contributed by atoms with E-state index in [2.05, 4.69) is 10.6 Å². The maximum absolute atomic E-state index is 12.4. The van der Waals surface area contributed by atoms with Gasteiger partial charge >= 0.3 is 0 Å². The lowest BCUT2D eigenvalue weighted by Crippen LogP contribution is -2.21. The monoisotopic (exact) mass is 396 g/mol. The molecule has 25 heavy (non-hydrogen) atoms. The number of amides is 2. The summed E-state index contributed by atoms with van der Waals surface area (Å²) >= 11 is 18.0. The third-order valence-electron chi connectivity index (χ3n) is 4.13. The summed E-state index contributed by atoms with van der Waals surface area (Å²) in [5.41, 5.74) is 1.92. The number of para-hydroxylation sites is 1. The minimum Gasteiger partial charge on any atom is -0.326 e. The van der Waals surface area contributed by atoms with E-state index in [-0.39, 0.29) is 17.7 Å². The van der Waals surface area contributed by atoms with Gasteiger partial charge in [-0.2, -0.15) is 0 Å². The molecule has 1 aliphatic carbocycles. The molecule has 1 fully saturated rings. The average molecular weight is 398 g/mol. The Balaban J connectivity index is 1.63. The van der Waals surface area contributed by atoms with Crippen LogP contribution in [-0.4, -0.2) is 11.8 Å². The van der Waals surface area contributed by atoms with Crippen molar-refractivity contribution in [2.75, 3.05) is 10.6 Å². The number of hydrogen-bond acceptors (Lipinski definition) is 2. The molecular formula is C18H15Cl3N2O2. The fourth-order valence-corrected chi connectivity index (χ4v) is 3.23. The van der Waals surface area contributed by atoms with Gasteiger partial charge in [0.05, 0.1) is 27.6 Å². The SMILES string of the molecule is Cc1ccc(Cl)cc1NC(=O)C1CC1C(=O)Nc1c(Cl)cccc1Cl. The smallest absolute Gasteiger partial charge is 0.228 e. The molecule has 2 amide bonds. The van der Waals surface area contributed by atoms with Crippen LogP contribution in [0.15, 0.2) is 36.4 Å². The first-order valence-corrected chi connectivity index (χ1v) is 8.82. The van der Waals surface area contributed by atoms with Gasteiger partial charge in [-0.25, -0.2) is 0 Å². The molecule has 0 heterocycles. The van der Waals surface area contributed by atoms with E-state index >= 15 is 0 Å². The van der Waals surface area contributed by atoms with E-state index in [1.54, 1.807) is 30.3 Å². The van der Waals surface area contributed by atoms with Crippen LogP contribution < -0.4 is 10.6 Å². The van der Waals surface area contributed by atoms with Crippen LogP contribution in [0.2, 0.25) is 15.1 Å². The number of anilines is 2. The molecule has 130 valence electrons. The van der Waals surface area contributed by atoms with Crippen LogP contribution in [0.1, 0.15) is 12.0 Å². The molecule has 2 aromatic carbocycles. The Labute approximate surface area is 160 Å². The molecule has 0 aliphatic heterocycles. The lowest BCUT2D eigenvalue weighted by molar-refractivity contribution is -0.122. The molecule has 0 saturated heterocycles. The summed E-state index contributed by atoms with van der Waals surface area (Å²) in [5, 5.41) is 6.79. The van der Waals surface area contributed by atoms with Gasteiger partial charge in [-0.1, -0.05) is 46.9 Å². The molecule has 2 atom stereocenters. The highest BCUT2D eigenvalue weighted by Gasteiger charge is 2.48. The lowest BCUT2D eigenvalue weighted by atomic mass is 10.2. The number of hydrogen-bond donors (Lipinski definition) is 2. The number of rotatable bonds is 4. The fraction of sp³-hybridized carbons (Fsp3) is 0.222. The maximum atomic E-state index is 12.4. The van der Waals surface area contributed by atoms with Gasteiger partial charge in [-0.05, 0) is 43.2 Å². The van der Waals surface area contributed by atoms with Gasteiger partial charge < -0.3 is 10.6 Å². The molecule has 1 aliphatic rings. The van der Waals surface area contributed by atoms with Crippen LogP contribution in [0.4, 0.5) is 11.4 Å². The fourth-order valence-electron chi connectivity index (χ4n) is 2.56.